The first-order chi connectivity index (χ1) is 16.2. The van der Waals surface area contributed by atoms with E-state index >= 15 is 0 Å². The van der Waals surface area contributed by atoms with Gasteiger partial charge in [-0.2, -0.15) is 0 Å². The van der Waals surface area contributed by atoms with Gasteiger partial charge < -0.3 is 4.42 Å². The lowest BCUT2D eigenvalue weighted by Gasteiger charge is -2.21. The highest BCUT2D eigenvalue weighted by molar-refractivity contribution is 7.25. The van der Waals surface area contributed by atoms with E-state index in [1.807, 2.05) is 11.3 Å². The van der Waals surface area contributed by atoms with Gasteiger partial charge in [0.2, 0.25) is 0 Å². The van der Waals surface area contributed by atoms with Crippen LogP contribution in [0.5, 0.6) is 0 Å². The highest BCUT2D eigenvalue weighted by Gasteiger charge is 2.22. The van der Waals surface area contributed by atoms with E-state index in [-0.39, 0.29) is 5.41 Å². The van der Waals surface area contributed by atoms with Crippen molar-refractivity contribution in [3.05, 3.63) is 58.9 Å². The number of aryl methyl sites for hydroxylation is 1. The standard InChI is InChI=1S/C29H28N2OS2/c1-15(2)9-19-16(3)32-23-13-24-21(12-20(19)23)25-26(30-14-31-28(25)34-24)18-10-17-7-8-33-27(17)22(11-18)29(4,5)6/h7-8,10-15H,9H2,1-6H3. The molecule has 172 valence electrons. The number of rotatable bonds is 3. The van der Waals surface area contributed by atoms with Crippen molar-refractivity contribution in [2.24, 2.45) is 5.92 Å². The molecule has 0 aliphatic heterocycles. The van der Waals surface area contributed by atoms with E-state index in [2.05, 4.69) is 82.2 Å². The molecule has 3 nitrogen and oxygen atoms in total. The van der Waals surface area contributed by atoms with Crippen LogP contribution in [0.15, 0.2) is 46.5 Å². The van der Waals surface area contributed by atoms with Crippen molar-refractivity contribution in [3.8, 4) is 11.3 Å². The molecule has 0 saturated heterocycles. The number of hydrogen-bond acceptors (Lipinski definition) is 5. The number of aromatic nitrogens is 2. The van der Waals surface area contributed by atoms with Crippen molar-refractivity contribution >= 4 is 64.0 Å². The van der Waals surface area contributed by atoms with Crippen LogP contribution in [0.25, 0.3) is 52.6 Å². The van der Waals surface area contributed by atoms with Gasteiger partial charge in [0.15, 0.2) is 0 Å². The Morgan fingerprint density at radius 2 is 1.85 bits per heavy atom. The summed E-state index contributed by atoms with van der Waals surface area (Å²) in [6.45, 7) is 13.5. The quantitative estimate of drug-likeness (QED) is 0.251. The summed E-state index contributed by atoms with van der Waals surface area (Å²) in [7, 11) is 0. The van der Waals surface area contributed by atoms with Crippen molar-refractivity contribution in [2.45, 2.75) is 53.4 Å². The Bertz CT molecular complexity index is 1710. The van der Waals surface area contributed by atoms with E-state index in [0.717, 1.165) is 39.2 Å². The Hall–Kier alpha value is -2.76. The van der Waals surface area contributed by atoms with Crippen LogP contribution >= 0.6 is 22.7 Å². The fourth-order valence-corrected chi connectivity index (χ4v) is 7.19. The summed E-state index contributed by atoms with van der Waals surface area (Å²) in [6.07, 6.45) is 2.72. The molecule has 34 heavy (non-hydrogen) atoms. The van der Waals surface area contributed by atoms with E-state index < -0.39 is 0 Å². The number of nitrogens with zero attached hydrogens (tertiary/aromatic N) is 2. The molecule has 6 rings (SSSR count). The smallest absolute Gasteiger partial charge is 0.136 e. The predicted molar refractivity (Wildman–Crippen MR) is 147 cm³/mol. The van der Waals surface area contributed by atoms with Crippen LogP contribution in [0, 0.1) is 12.8 Å². The zero-order valence-electron chi connectivity index (χ0n) is 20.4. The number of benzene rings is 2. The zero-order valence-corrected chi connectivity index (χ0v) is 22.1. The topological polar surface area (TPSA) is 38.9 Å². The first kappa shape index (κ1) is 21.8. The van der Waals surface area contributed by atoms with Crippen LogP contribution in [0.4, 0.5) is 0 Å². The van der Waals surface area contributed by atoms with E-state index in [0.29, 0.717) is 5.92 Å². The number of hydrogen-bond donors (Lipinski definition) is 0. The first-order valence-electron chi connectivity index (χ1n) is 11.8. The van der Waals surface area contributed by atoms with Crippen LogP contribution in [0.2, 0.25) is 0 Å². The van der Waals surface area contributed by atoms with Crippen LogP contribution < -0.4 is 0 Å². The van der Waals surface area contributed by atoms with Crippen LogP contribution in [-0.4, -0.2) is 9.97 Å². The van der Waals surface area contributed by atoms with Gasteiger partial charge in [0, 0.05) is 36.7 Å². The lowest BCUT2D eigenvalue weighted by molar-refractivity contribution is 0.560. The van der Waals surface area contributed by atoms with Gasteiger partial charge in [-0.15, -0.1) is 22.7 Å². The molecule has 0 atom stereocenters. The van der Waals surface area contributed by atoms with Gasteiger partial charge >= 0.3 is 0 Å². The third-order valence-electron chi connectivity index (χ3n) is 6.63. The Morgan fingerprint density at radius 1 is 1.03 bits per heavy atom. The van der Waals surface area contributed by atoms with E-state index in [1.165, 1.54) is 36.7 Å². The zero-order chi connectivity index (χ0) is 23.8. The summed E-state index contributed by atoms with van der Waals surface area (Å²) >= 11 is 3.54. The molecule has 0 bridgehead atoms. The minimum atomic E-state index is 0.0498. The third-order valence-corrected chi connectivity index (χ3v) is 8.65. The molecule has 0 aliphatic carbocycles. The SMILES string of the molecule is Cc1oc2cc3sc4ncnc(-c5cc(C(C)(C)C)c6sccc6c5)c4c3cc2c1CC(C)C. The molecular formula is C29H28N2OS2. The van der Waals surface area contributed by atoms with Crippen molar-refractivity contribution in [3.63, 3.8) is 0 Å². The molecule has 0 N–H and O–H groups in total. The van der Waals surface area contributed by atoms with Crippen LogP contribution in [0.3, 0.4) is 0 Å². The molecule has 2 aromatic carbocycles. The van der Waals surface area contributed by atoms with Gasteiger partial charge in [0.05, 0.1) is 5.69 Å². The molecule has 4 aromatic heterocycles. The maximum Gasteiger partial charge on any atom is 0.136 e. The molecule has 0 fully saturated rings. The van der Waals surface area contributed by atoms with Crippen molar-refractivity contribution in [1.82, 2.24) is 9.97 Å². The molecule has 0 radical (unpaired) electrons. The second-order valence-corrected chi connectivity index (χ2v) is 12.6. The van der Waals surface area contributed by atoms with Gasteiger partial charge in [-0.3, -0.25) is 0 Å². The van der Waals surface area contributed by atoms with Crippen LogP contribution in [-0.2, 0) is 11.8 Å². The normalized spacial score (nSPS) is 12.8. The summed E-state index contributed by atoms with van der Waals surface area (Å²) in [5.41, 5.74) is 5.88. The van der Waals surface area contributed by atoms with Crippen molar-refractivity contribution in [1.29, 1.82) is 0 Å². The molecule has 0 unspecified atom stereocenters. The Balaban J connectivity index is 1.67. The summed E-state index contributed by atoms with van der Waals surface area (Å²) in [4.78, 5) is 10.5. The Labute approximate surface area is 207 Å². The maximum atomic E-state index is 6.18. The second-order valence-electron chi connectivity index (χ2n) is 10.7. The van der Waals surface area contributed by atoms with E-state index in [9.17, 15) is 0 Å². The minimum absolute atomic E-state index is 0.0498. The third kappa shape index (κ3) is 3.37. The average Bonchev–Trinajstić information content (AvgIpc) is 3.46. The number of thiophene rings is 2. The minimum Gasteiger partial charge on any atom is -0.461 e. The fourth-order valence-electron chi connectivity index (χ4n) is 5.03. The summed E-state index contributed by atoms with van der Waals surface area (Å²) < 4.78 is 8.75. The van der Waals surface area contributed by atoms with E-state index in [4.69, 9.17) is 9.40 Å². The maximum absolute atomic E-state index is 6.18. The first-order valence-corrected chi connectivity index (χ1v) is 13.5. The molecule has 6 aromatic rings. The summed E-state index contributed by atoms with van der Waals surface area (Å²) in [5.74, 6) is 1.60. The summed E-state index contributed by atoms with van der Waals surface area (Å²) in [5, 5.41) is 7.06. The van der Waals surface area contributed by atoms with Crippen LogP contribution in [0.1, 0.15) is 51.5 Å². The lowest BCUT2D eigenvalue weighted by atomic mass is 9.85. The van der Waals surface area contributed by atoms with Gasteiger partial charge in [0.25, 0.3) is 0 Å². The van der Waals surface area contributed by atoms with E-state index in [1.54, 1.807) is 17.7 Å². The van der Waals surface area contributed by atoms with Gasteiger partial charge in [-0.25, -0.2) is 9.97 Å². The van der Waals surface area contributed by atoms with Gasteiger partial charge in [-0.05, 0) is 71.3 Å². The Morgan fingerprint density at radius 3 is 2.62 bits per heavy atom. The molecule has 0 saturated carbocycles. The highest BCUT2D eigenvalue weighted by Crippen LogP contribution is 2.43. The fraction of sp³-hybridized carbons (Fsp3) is 0.310. The molecule has 4 heterocycles. The van der Waals surface area contributed by atoms with Gasteiger partial charge in [0.1, 0.15) is 22.5 Å². The highest BCUT2D eigenvalue weighted by atomic mass is 32.1. The summed E-state index contributed by atoms with van der Waals surface area (Å²) in [6, 6.07) is 11.4. The molecule has 0 spiro atoms. The predicted octanol–water partition coefficient (Wildman–Crippen LogP) is 9.28. The van der Waals surface area contributed by atoms with Crippen molar-refractivity contribution < 1.29 is 4.42 Å². The largest absolute Gasteiger partial charge is 0.461 e. The molecular weight excluding hydrogens is 456 g/mol. The van der Waals surface area contributed by atoms with Gasteiger partial charge in [-0.1, -0.05) is 34.6 Å². The second kappa shape index (κ2) is 7.62. The Kier molecular flexibility index (Phi) is 4.88. The number of furan rings is 1. The number of fused-ring (bicyclic) bond motifs is 5. The average molecular weight is 485 g/mol. The molecule has 0 aliphatic rings. The monoisotopic (exact) mass is 484 g/mol. The molecule has 5 heteroatoms. The lowest BCUT2D eigenvalue weighted by Crippen LogP contribution is -2.11. The van der Waals surface area contributed by atoms with Crippen molar-refractivity contribution in [2.75, 3.05) is 0 Å². The molecule has 0 amide bonds.